The largest absolute Gasteiger partial charge is 0.489 e. The minimum absolute atomic E-state index is 0.161. The van der Waals surface area contributed by atoms with Gasteiger partial charge in [0.25, 0.3) is 5.56 Å². The molecule has 0 saturated carbocycles. The van der Waals surface area contributed by atoms with Crippen LogP contribution in [0.2, 0.25) is 0 Å². The number of pyridine rings is 1. The second-order valence-corrected chi connectivity index (χ2v) is 7.16. The molecule has 0 aliphatic rings. The zero-order valence-corrected chi connectivity index (χ0v) is 17.2. The lowest BCUT2D eigenvalue weighted by Crippen LogP contribution is -2.23. The summed E-state index contributed by atoms with van der Waals surface area (Å²) < 4.78 is 21.3. The topological polar surface area (TPSA) is 51.5 Å². The molecule has 6 heteroatoms. The van der Waals surface area contributed by atoms with E-state index in [1.165, 1.54) is 22.9 Å². The first kappa shape index (κ1) is 21.5. The summed E-state index contributed by atoms with van der Waals surface area (Å²) in [6.45, 7) is 3.45. The van der Waals surface area contributed by atoms with Crippen molar-refractivity contribution in [2.24, 2.45) is 0 Å². The van der Waals surface area contributed by atoms with Gasteiger partial charge in [0.1, 0.15) is 18.2 Å². The van der Waals surface area contributed by atoms with E-state index in [0.29, 0.717) is 24.5 Å². The highest BCUT2D eigenvalue weighted by Gasteiger charge is 2.12. The second kappa shape index (κ2) is 9.98. The van der Waals surface area contributed by atoms with E-state index in [9.17, 15) is 14.0 Å². The molecule has 0 saturated heterocycles. The number of rotatable bonds is 9. The molecule has 30 heavy (non-hydrogen) atoms. The lowest BCUT2D eigenvalue weighted by Gasteiger charge is -2.14. The molecule has 0 amide bonds. The average Bonchev–Trinajstić information content (AvgIpc) is 2.75. The minimum atomic E-state index is -0.418. The highest BCUT2D eigenvalue weighted by molar-refractivity contribution is 5.95. The van der Waals surface area contributed by atoms with Gasteiger partial charge in [0.05, 0.1) is 6.54 Å². The Labute approximate surface area is 175 Å². The van der Waals surface area contributed by atoms with Crippen molar-refractivity contribution in [1.29, 1.82) is 0 Å². The molecule has 0 aliphatic heterocycles. The van der Waals surface area contributed by atoms with Gasteiger partial charge in [0.15, 0.2) is 5.78 Å². The third-order valence-corrected chi connectivity index (χ3v) is 4.88. The molecule has 2 aromatic carbocycles. The molecule has 0 radical (unpaired) electrons. The van der Waals surface area contributed by atoms with Gasteiger partial charge in [-0.25, -0.2) is 4.39 Å². The predicted octanol–water partition coefficient (Wildman–Crippen LogP) is 3.90. The molecule has 3 aromatic rings. The van der Waals surface area contributed by atoms with Crippen molar-refractivity contribution in [3.63, 3.8) is 0 Å². The van der Waals surface area contributed by atoms with Crippen molar-refractivity contribution >= 4 is 5.78 Å². The number of carbonyl (C=O) groups is 1. The van der Waals surface area contributed by atoms with Gasteiger partial charge in [-0.2, -0.15) is 0 Å². The van der Waals surface area contributed by atoms with Gasteiger partial charge in [0.2, 0.25) is 0 Å². The van der Waals surface area contributed by atoms with Crippen LogP contribution in [0.3, 0.4) is 0 Å². The molecule has 1 aromatic heterocycles. The first-order valence-corrected chi connectivity index (χ1v) is 9.83. The zero-order valence-electron chi connectivity index (χ0n) is 17.2. The van der Waals surface area contributed by atoms with E-state index >= 15 is 0 Å². The van der Waals surface area contributed by atoms with Gasteiger partial charge >= 0.3 is 0 Å². The normalized spacial score (nSPS) is 10.9. The Morgan fingerprint density at radius 1 is 1.10 bits per heavy atom. The Kier molecular flexibility index (Phi) is 7.14. The fraction of sp³-hybridized carbons (Fsp3) is 0.250. The Bertz CT molecular complexity index is 1060. The predicted molar refractivity (Wildman–Crippen MR) is 114 cm³/mol. The first-order valence-electron chi connectivity index (χ1n) is 9.83. The summed E-state index contributed by atoms with van der Waals surface area (Å²) in [7, 11) is 1.90. The van der Waals surface area contributed by atoms with E-state index < -0.39 is 5.82 Å². The summed E-state index contributed by atoms with van der Waals surface area (Å²) in [5, 5.41) is 0. The van der Waals surface area contributed by atoms with E-state index in [2.05, 4.69) is 0 Å². The van der Waals surface area contributed by atoms with Crippen LogP contribution in [0.5, 0.6) is 5.75 Å². The van der Waals surface area contributed by atoms with Crippen LogP contribution in [0.1, 0.15) is 28.4 Å². The van der Waals surface area contributed by atoms with Crippen LogP contribution in [-0.4, -0.2) is 28.8 Å². The maximum atomic E-state index is 14.3. The highest BCUT2D eigenvalue weighted by atomic mass is 19.1. The summed E-state index contributed by atoms with van der Waals surface area (Å²) in [5.74, 6) is -0.314. The van der Waals surface area contributed by atoms with Gasteiger partial charge in [-0.1, -0.05) is 49.4 Å². The van der Waals surface area contributed by atoms with Crippen molar-refractivity contribution in [2.75, 3.05) is 13.6 Å². The van der Waals surface area contributed by atoms with Crippen molar-refractivity contribution in [3.05, 3.63) is 99.7 Å². The van der Waals surface area contributed by atoms with Gasteiger partial charge < -0.3 is 14.2 Å². The van der Waals surface area contributed by atoms with Crippen molar-refractivity contribution in [2.45, 2.75) is 26.6 Å². The van der Waals surface area contributed by atoms with Crippen LogP contribution in [-0.2, 0) is 19.7 Å². The molecule has 0 bridgehead atoms. The molecule has 0 spiro atoms. The third kappa shape index (κ3) is 5.64. The fourth-order valence-electron chi connectivity index (χ4n) is 2.95. The molecule has 0 fully saturated rings. The number of halogens is 1. The van der Waals surface area contributed by atoms with Crippen molar-refractivity contribution in [3.8, 4) is 5.75 Å². The summed E-state index contributed by atoms with van der Waals surface area (Å²) in [6, 6.07) is 17.1. The number of aromatic nitrogens is 1. The van der Waals surface area contributed by atoms with E-state index in [-0.39, 0.29) is 23.5 Å². The number of ether oxygens (including phenoxy) is 1. The number of Topliss-reactive ketones (excluding diaryl/α,β-unsaturated/α-hetero) is 1. The van der Waals surface area contributed by atoms with Crippen LogP contribution in [0.4, 0.5) is 4.39 Å². The number of carbonyl (C=O) groups excluding carboxylic acids is 1. The summed E-state index contributed by atoms with van der Waals surface area (Å²) in [6.07, 6.45) is 1.52. The molecule has 0 unspecified atom stereocenters. The van der Waals surface area contributed by atoms with Gasteiger partial charge in [-0.3, -0.25) is 9.59 Å². The van der Waals surface area contributed by atoms with E-state index in [4.69, 9.17) is 4.74 Å². The molecule has 5 nitrogen and oxygen atoms in total. The van der Waals surface area contributed by atoms with Crippen LogP contribution >= 0.6 is 0 Å². The lowest BCUT2D eigenvalue weighted by atomic mass is 10.1. The van der Waals surface area contributed by atoms with E-state index in [1.54, 1.807) is 18.2 Å². The maximum Gasteiger partial charge on any atom is 0.254 e. The summed E-state index contributed by atoms with van der Waals surface area (Å²) in [5.41, 5.74) is 1.42. The fourth-order valence-corrected chi connectivity index (χ4v) is 2.95. The molecule has 0 aliphatic carbocycles. The molecule has 0 atom stereocenters. The average molecular weight is 408 g/mol. The third-order valence-electron chi connectivity index (χ3n) is 4.88. The SMILES string of the molecule is CCN(C)Cc1ccc(C(=O)Cn2ccc(OCc3ccccc3)cc2=O)cc1F. The smallest absolute Gasteiger partial charge is 0.254 e. The Balaban J connectivity index is 1.65. The zero-order chi connectivity index (χ0) is 21.5. The van der Waals surface area contributed by atoms with Gasteiger partial charge in [-0.05, 0) is 31.3 Å². The quantitative estimate of drug-likeness (QED) is 0.504. The summed E-state index contributed by atoms with van der Waals surface area (Å²) >= 11 is 0. The van der Waals surface area contributed by atoms with Crippen LogP contribution in [0.15, 0.2) is 71.7 Å². The molecular weight excluding hydrogens is 383 g/mol. The number of nitrogens with zero attached hydrogens (tertiary/aromatic N) is 2. The molecule has 0 N–H and O–H groups in total. The molecule has 1 heterocycles. The van der Waals surface area contributed by atoms with Gasteiger partial charge in [0, 0.05) is 29.9 Å². The molecule has 3 rings (SSSR count). The summed E-state index contributed by atoms with van der Waals surface area (Å²) in [4.78, 5) is 26.9. The lowest BCUT2D eigenvalue weighted by molar-refractivity contribution is 0.0970. The Morgan fingerprint density at radius 2 is 1.87 bits per heavy atom. The van der Waals surface area contributed by atoms with Crippen LogP contribution in [0, 0.1) is 5.82 Å². The number of hydrogen-bond donors (Lipinski definition) is 0. The van der Waals surface area contributed by atoms with Gasteiger partial charge in [-0.15, -0.1) is 0 Å². The molecule has 156 valence electrons. The molecular formula is C24H25FN2O3. The first-order chi connectivity index (χ1) is 14.5. The number of hydrogen-bond acceptors (Lipinski definition) is 4. The Morgan fingerprint density at radius 3 is 2.53 bits per heavy atom. The monoisotopic (exact) mass is 408 g/mol. The van der Waals surface area contributed by atoms with E-state index in [1.807, 2.05) is 49.2 Å². The maximum absolute atomic E-state index is 14.3. The second-order valence-electron chi connectivity index (χ2n) is 7.16. The standard InChI is InChI=1S/C24H25FN2O3/c1-3-26(2)15-20-10-9-19(13-22(20)25)23(28)16-27-12-11-21(14-24(27)29)30-17-18-7-5-4-6-8-18/h4-14H,3,15-17H2,1-2H3. The number of benzene rings is 2. The highest BCUT2D eigenvalue weighted by Crippen LogP contribution is 2.14. The van der Waals surface area contributed by atoms with Crippen molar-refractivity contribution in [1.82, 2.24) is 9.47 Å². The van der Waals surface area contributed by atoms with Crippen LogP contribution < -0.4 is 10.3 Å². The number of ketones is 1. The van der Waals surface area contributed by atoms with E-state index in [0.717, 1.165) is 12.1 Å². The minimum Gasteiger partial charge on any atom is -0.489 e. The Hall–Kier alpha value is -3.25. The van der Waals surface area contributed by atoms with Crippen molar-refractivity contribution < 1.29 is 13.9 Å². The van der Waals surface area contributed by atoms with Crippen LogP contribution in [0.25, 0.3) is 0 Å².